The molecule has 1 aromatic heterocycles. The number of carbonyl (C=O) groups excluding carboxylic acids is 1. The Hall–Kier alpha value is -3.33. The molecule has 1 aliphatic carbocycles. The Morgan fingerprint density at radius 3 is 2.61 bits per heavy atom. The van der Waals surface area contributed by atoms with Gasteiger partial charge in [-0.2, -0.15) is 0 Å². The number of rotatable bonds is 7. The minimum absolute atomic E-state index is 0.0288. The number of likely N-dealkylation sites (N-methyl/N-ethyl adjacent to an activating group) is 2. The zero-order chi connectivity index (χ0) is 25.6. The van der Waals surface area contributed by atoms with E-state index in [1.165, 1.54) is 0 Å². The molecule has 1 fully saturated rings. The van der Waals surface area contributed by atoms with Crippen LogP contribution in [0.25, 0.3) is 22.2 Å². The number of nitrogens with two attached hydrogens (primary N) is 1. The molecule has 3 aromatic rings. The van der Waals surface area contributed by atoms with Crippen LogP contribution in [0.4, 0.5) is 20.2 Å². The van der Waals surface area contributed by atoms with Gasteiger partial charge in [0.15, 0.2) is 0 Å². The molecular weight excluding hydrogens is 462 g/mol. The number of nitrogens with zero attached hydrogens (tertiary/aromatic N) is 5. The number of aromatic nitrogens is 2. The number of halogens is 2. The van der Waals surface area contributed by atoms with Crippen LogP contribution in [0.1, 0.15) is 47.6 Å². The van der Waals surface area contributed by atoms with E-state index in [0.717, 1.165) is 52.2 Å². The summed E-state index contributed by atoms with van der Waals surface area (Å²) in [4.78, 5) is 25.9. The molecule has 0 unspecified atom stereocenters. The number of amides is 1. The molecule has 9 heteroatoms. The highest BCUT2D eigenvalue weighted by Gasteiger charge is 2.36. The van der Waals surface area contributed by atoms with Gasteiger partial charge in [-0.05, 0) is 56.3 Å². The first kappa shape index (κ1) is 24.4. The highest BCUT2D eigenvalue weighted by atomic mass is 19.3. The van der Waals surface area contributed by atoms with E-state index in [0.29, 0.717) is 24.8 Å². The molecule has 0 spiro atoms. The number of fused-ring (bicyclic) bond motifs is 2. The Bertz CT molecular complexity index is 1340. The van der Waals surface area contributed by atoms with Gasteiger partial charge in [0.1, 0.15) is 0 Å². The number of hydrogen-bond acceptors (Lipinski definition) is 5. The first-order valence-corrected chi connectivity index (χ1v) is 12.4. The van der Waals surface area contributed by atoms with Crippen LogP contribution < -0.4 is 10.6 Å². The summed E-state index contributed by atoms with van der Waals surface area (Å²) in [6.07, 6.45) is 4.85. The summed E-state index contributed by atoms with van der Waals surface area (Å²) < 4.78 is 29.4. The third-order valence-electron chi connectivity index (χ3n) is 7.40. The molecule has 1 saturated carbocycles. The smallest absolute Gasteiger partial charge is 0.251 e. The van der Waals surface area contributed by atoms with Gasteiger partial charge in [-0.3, -0.25) is 9.79 Å². The number of carbonyl (C=O) groups is 1. The molecule has 0 saturated heterocycles. The second kappa shape index (κ2) is 9.28. The molecule has 2 aliphatic rings. The number of imidazole rings is 1. The summed E-state index contributed by atoms with van der Waals surface area (Å²) in [6.45, 7) is 1.56. The second-order valence-electron chi connectivity index (χ2n) is 10.2. The van der Waals surface area contributed by atoms with Gasteiger partial charge >= 0.3 is 0 Å². The van der Waals surface area contributed by atoms with Crippen molar-refractivity contribution in [3.8, 4) is 11.1 Å². The summed E-state index contributed by atoms with van der Waals surface area (Å²) in [5.41, 5.74) is 12.4. The highest BCUT2D eigenvalue weighted by Crippen LogP contribution is 2.44. The normalized spacial score (nSPS) is 17.2. The minimum Gasteiger partial charge on any atom is -0.373 e. The van der Waals surface area contributed by atoms with Gasteiger partial charge in [-0.25, -0.2) is 13.8 Å². The van der Waals surface area contributed by atoms with Crippen molar-refractivity contribution in [1.82, 2.24) is 14.5 Å². The number of aliphatic imine (C=N–C) groups is 1. The van der Waals surface area contributed by atoms with Crippen LogP contribution in [-0.4, -0.2) is 66.7 Å². The van der Waals surface area contributed by atoms with Crippen LogP contribution in [0.2, 0.25) is 0 Å². The van der Waals surface area contributed by atoms with E-state index in [4.69, 9.17) is 5.73 Å². The second-order valence-corrected chi connectivity index (χ2v) is 10.2. The monoisotopic (exact) mass is 494 g/mol. The molecular formula is C27H32F2N6O. The van der Waals surface area contributed by atoms with Gasteiger partial charge in [0.05, 0.1) is 34.3 Å². The van der Waals surface area contributed by atoms with E-state index < -0.39 is 11.8 Å². The molecule has 1 amide bonds. The molecule has 0 radical (unpaired) electrons. The molecule has 2 heterocycles. The van der Waals surface area contributed by atoms with Crippen molar-refractivity contribution in [2.45, 2.75) is 44.1 Å². The van der Waals surface area contributed by atoms with E-state index in [9.17, 15) is 13.6 Å². The Kier molecular flexibility index (Phi) is 6.28. The maximum Gasteiger partial charge on any atom is 0.251 e. The molecule has 7 nitrogen and oxygen atoms in total. The third kappa shape index (κ3) is 4.48. The lowest BCUT2D eigenvalue weighted by atomic mass is 9.91. The predicted octanol–water partition coefficient (Wildman–Crippen LogP) is 4.81. The minimum atomic E-state index is -2.56. The first-order chi connectivity index (χ1) is 17.1. The zero-order valence-corrected chi connectivity index (χ0v) is 21.0. The van der Waals surface area contributed by atoms with Gasteiger partial charge in [-0.1, -0.05) is 6.07 Å². The SMILES string of the molecule is CN(C)CCN(C)c1cc(-c2ccc3c(c2)ncn3C2CCC(F)(F)CC2)c2c(c1C(N)=O)CC=N2. The Morgan fingerprint density at radius 2 is 1.92 bits per heavy atom. The van der Waals surface area contributed by atoms with E-state index in [-0.39, 0.29) is 18.9 Å². The Morgan fingerprint density at radius 1 is 1.17 bits per heavy atom. The fraction of sp³-hybridized carbons (Fsp3) is 0.444. The molecule has 1 aliphatic heterocycles. The van der Waals surface area contributed by atoms with Crippen molar-refractivity contribution < 1.29 is 13.6 Å². The summed E-state index contributed by atoms with van der Waals surface area (Å²) in [7, 11) is 5.99. The van der Waals surface area contributed by atoms with Crippen LogP contribution in [0.15, 0.2) is 35.6 Å². The fourth-order valence-electron chi connectivity index (χ4n) is 5.35. The number of alkyl halides is 2. The van der Waals surface area contributed by atoms with Crippen molar-refractivity contribution in [2.24, 2.45) is 10.7 Å². The lowest BCUT2D eigenvalue weighted by molar-refractivity contribution is -0.0436. The van der Waals surface area contributed by atoms with E-state index in [1.807, 2.05) is 56.2 Å². The van der Waals surface area contributed by atoms with Crippen LogP contribution in [0.3, 0.4) is 0 Å². The summed E-state index contributed by atoms with van der Waals surface area (Å²) >= 11 is 0. The van der Waals surface area contributed by atoms with Crippen LogP contribution in [0, 0.1) is 0 Å². The largest absolute Gasteiger partial charge is 0.373 e. The molecule has 0 bridgehead atoms. The van der Waals surface area contributed by atoms with Crippen molar-refractivity contribution in [3.63, 3.8) is 0 Å². The fourth-order valence-corrected chi connectivity index (χ4v) is 5.35. The van der Waals surface area contributed by atoms with Crippen molar-refractivity contribution >= 4 is 34.5 Å². The van der Waals surface area contributed by atoms with Crippen LogP contribution in [0.5, 0.6) is 0 Å². The molecule has 5 rings (SSSR count). The first-order valence-electron chi connectivity index (χ1n) is 12.4. The highest BCUT2D eigenvalue weighted by molar-refractivity contribution is 6.06. The van der Waals surface area contributed by atoms with Crippen LogP contribution >= 0.6 is 0 Å². The molecule has 0 atom stereocenters. The summed E-state index contributed by atoms with van der Waals surface area (Å²) in [6, 6.07) is 8.07. The number of benzene rings is 2. The Labute approximate surface area is 209 Å². The van der Waals surface area contributed by atoms with Gasteiger partial charge in [0, 0.05) is 57.2 Å². The van der Waals surface area contributed by atoms with Gasteiger partial charge < -0.3 is 20.1 Å². The average Bonchev–Trinajstić information content (AvgIpc) is 3.48. The predicted molar refractivity (Wildman–Crippen MR) is 140 cm³/mol. The standard InChI is InChI=1S/C27H32F2N6O/c1-33(2)12-13-34(3)23-15-20(25-19(8-11-31-25)24(23)26(30)36)17-4-5-22-21(14-17)32-16-35(22)18-6-9-27(28,29)10-7-18/h4-5,11,14-16,18H,6-10,12-13H2,1-3H3,(H2,30,36). The topological polar surface area (TPSA) is 79.8 Å². The van der Waals surface area contributed by atoms with E-state index >= 15 is 0 Å². The molecule has 2 aromatic carbocycles. The number of anilines is 1. The lowest BCUT2D eigenvalue weighted by Gasteiger charge is -2.29. The quantitative estimate of drug-likeness (QED) is 0.511. The molecule has 36 heavy (non-hydrogen) atoms. The Balaban J connectivity index is 1.55. The van der Waals surface area contributed by atoms with Gasteiger partial charge in [0.2, 0.25) is 5.92 Å². The van der Waals surface area contributed by atoms with E-state index in [1.54, 1.807) is 6.33 Å². The van der Waals surface area contributed by atoms with Crippen molar-refractivity contribution in [2.75, 3.05) is 39.1 Å². The molecule has 2 N–H and O–H groups in total. The van der Waals surface area contributed by atoms with Crippen molar-refractivity contribution in [3.05, 3.63) is 41.7 Å². The number of primary amides is 1. The number of hydrogen-bond donors (Lipinski definition) is 1. The maximum absolute atomic E-state index is 13.7. The van der Waals surface area contributed by atoms with Gasteiger partial charge in [-0.15, -0.1) is 0 Å². The maximum atomic E-state index is 13.7. The summed E-state index contributed by atoms with van der Waals surface area (Å²) in [5, 5.41) is 0. The van der Waals surface area contributed by atoms with Crippen LogP contribution in [-0.2, 0) is 6.42 Å². The molecule has 190 valence electrons. The van der Waals surface area contributed by atoms with Crippen molar-refractivity contribution in [1.29, 1.82) is 0 Å². The third-order valence-corrected chi connectivity index (χ3v) is 7.40. The van der Waals surface area contributed by atoms with Gasteiger partial charge in [0.25, 0.3) is 5.91 Å². The average molecular weight is 495 g/mol. The zero-order valence-electron chi connectivity index (χ0n) is 21.0. The lowest BCUT2D eigenvalue weighted by Crippen LogP contribution is -2.30. The van der Waals surface area contributed by atoms with E-state index in [2.05, 4.69) is 19.8 Å². The summed E-state index contributed by atoms with van der Waals surface area (Å²) in [5.74, 6) is -3.02.